The molecule has 6 nitrogen and oxygen atoms in total. The highest BCUT2D eigenvalue weighted by atomic mass is 19.1. The van der Waals surface area contributed by atoms with Crippen LogP contribution in [0.2, 0.25) is 0 Å². The molecule has 0 saturated heterocycles. The van der Waals surface area contributed by atoms with Crippen LogP contribution in [0.15, 0.2) is 65.9 Å². The molecule has 0 saturated carbocycles. The van der Waals surface area contributed by atoms with Crippen molar-refractivity contribution in [2.45, 2.75) is 13.0 Å². The molecule has 1 heterocycles. The third-order valence-electron chi connectivity index (χ3n) is 4.03. The number of nitrogens with one attached hydrogen (secondary N) is 2. The van der Waals surface area contributed by atoms with Gasteiger partial charge in [0.1, 0.15) is 24.8 Å². The first kappa shape index (κ1) is 18.4. The largest absolute Gasteiger partial charge is 0.490 e. The smallest absolute Gasteiger partial charge is 0.338 e. The summed E-state index contributed by atoms with van der Waals surface area (Å²) < 4.78 is 24.9. The van der Waals surface area contributed by atoms with Crippen LogP contribution in [0, 0.1) is 5.82 Å². The van der Waals surface area contributed by atoms with E-state index >= 15 is 0 Å². The van der Waals surface area contributed by atoms with Gasteiger partial charge in [0.25, 0.3) is 0 Å². The van der Waals surface area contributed by atoms with Crippen LogP contribution in [0.5, 0.6) is 5.75 Å². The molecule has 2 amide bonds. The Labute approximate surface area is 156 Å². The van der Waals surface area contributed by atoms with E-state index in [1.165, 1.54) is 18.2 Å². The van der Waals surface area contributed by atoms with Crippen LogP contribution in [-0.2, 0) is 9.53 Å². The molecule has 1 aliphatic heterocycles. The second-order valence-electron chi connectivity index (χ2n) is 5.89. The molecule has 2 aromatic rings. The minimum Gasteiger partial charge on any atom is -0.490 e. The molecule has 0 spiro atoms. The zero-order valence-electron chi connectivity index (χ0n) is 14.7. The van der Waals surface area contributed by atoms with Crippen molar-refractivity contribution >= 4 is 12.0 Å². The number of rotatable bonds is 6. The predicted molar refractivity (Wildman–Crippen MR) is 96.4 cm³/mol. The fourth-order valence-electron chi connectivity index (χ4n) is 2.80. The van der Waals surface area contributed by atoms with E-state index in [1.807, 2.05) is 18.2 Å². The summed E-state index contributed by atoms with van der Waals surface area (Å²) in [6.45, 7) is 1.76. The van der Waals surface area contributed by atoms with E-state index in [2.05, 4.69) is 10.6 Å². The van der Waals surface area contributed by atoms with E-state index in [-0.39, 0.29) is 24.4 Å². The van der Waals surface area contributed by atoms with Crippen molar-refractivity contribution in [2.75, 3.05) is 13.2 Å². The number of urea groups is 1. The summed E-state index contributed by atoms with van der Waals surface area (Å²) in [5.41, 5.74) is 0.666. The predicted octanol–water partition coefficient (Wildman–Crippen LogP) is 3.08. The van der Waals surface area contributed by atoms with Gasteiger partial charge in [0, 0.05) is 11.3 Å². The molecule has 7 heteroatoms. The van der Waals surface area contributed by atoms with E-state index in [4.69, 9.17) is 9.47 Å². The Bertz CT molecular complexity index is 867. The molecule has 1 atom stereocenters. The van der Waals surface area contributed by atoms with Gasteiger partial charge in [-0.1, -0.05) is 36.4 Å². The minimum absolute atomic E-state index is 0.0163. The highest BCUT2D eigenvalue weighted by Crippen LogP contribution is 2.29. The number of hydrogen-bond acceptors (Lipinski definition) is 4. The van der Waals surface area contributed by atoms with Gasteiger partial charge in [0.15, 0.2) is 0 Å². The normalized spacial score (nSPS) is 16.4. The number of ether oxygens (including phenoxy) is 2. The van der Waals surface area contributed by atoms with Crippen molar-refractivity contribution in [1.82, 2.24) is 10.6 Å². The first-order valence-electron chi connectivity index (χ1n) is 8.44. The van der Waals surface area contributed by atoms with E-state index in [0.29, 0.717) is 11.4 Å². The summed E-state index contributed by atoms with van der Waals surface area (Å²) >= 11 is 0. The highest BCUT2D eigenvalue weighted by molar-refractivity contribution is 5.95. The van der Waals surface area contributed by atoms with E-state index in [1.54, 1.807) is 25.1 Å². The molecule has 2 aromatic carbocycles. The lowest BCUT2D eigenvalue weighted by molar-refractivity contribution is -0.140. The molecular formula is C20H19FN2O4. The van der Waals surface area contributed by atoms with Crippen LogP contribution in [0.4, 0.5) is 9.18 Å². The molecular weight excluding hydrogens is 351 g/mol. The van der Waals surface area contributed by atoms with Gasteiger partial charge in [-0.25, -0.2) is 14.0 Å². The van der Waals surface area contributed by atoms with Crippen molar-refractivity contribution in [3.8, 4) is 5.75 Å². The molecule has 3 rings (SSSR count). The van der Waals surface area contributed by atoms with Crippen LogP contribution in [0.1, 0.15) is 18.5 Å². The number of esters is 1. The fourth-order valence-corrected chi connectivity index (χ4v) is 2.80. The third-order valence-corrected chi connectivity index (χ3v) is 4.03. The van der Waals surface area contributed by atoms with Crippen LogP contribution in [0.25, 0.3) is 0 Å². The van der Waals surface area contributed by atoms with Crippen molar-refractivity contribution in [1.29, 1.82) is 0 Å². The number of halogens is 1. The maximum Gasteiger partial charge on any atom is 0.338 e. The van der Waals surface area contributed by atoms with Crippen molar-refractivity contribution < 1.29 is 23.5 Å². The number of hydrogen-bond donors (Lipinski definition) is 2. The topological polar surface area (TPSA) is 76.7 Å². The van der Waals surface area contributed by atoms with Crippen molar-refractivity contribution in [2.24, 2.45) is 0 Å². The Morgan fingerprint density at radius 2 is 1.78 bits per heavy atom. The van der Waals surface area contributed by atoms with Crippen molar-refractivity contribution in [3.05, 3.63) is 77.2 Å². The van der Waals surface area contributed by atoms with Gasteiger partial charge in [0.2, 0.25) is 0 Å². The third kappa shape index (κ3) is 4.44. The van der Waals surface area contributed by atoms with Crippen molar-refractivity contribution in [3.63, 3.8) is 0 Å². The van der Waals surface area contributed by atoms with E-state index < -0.39 is 23.9 Å². The summed E-state index contributed by atoms with van der Waals surface area (Å²) in [5.74, 6) is -0.500. The number of allylic oxidation sites excluding steroid dienone is 1. The average Bonchev–Trinajstić information content (AvgIpc) is 2.65. The first-order valence-corrected chi connectivity index (χ1v) is 8.44. The fraction of sp³-hybridized carbons (Fsp3) is 0.200. The van der Waals surface area contributed by atoms with Gasteiger partial charge in [-0.3, -0.25) is 0 Å². The highest BCUT2D eigenvalue weighted by Gasteiger charge is 2.33. The molecule has 2 N–H and O–H groups in total. The van der Waals surface area contributed by atoms with Gasteiger partial charge in [-0.05, 0) is 25.1 Å². The van der Waals surface area contributed by atoms with Gasteiger partial charge in [0.05, 0.1) is 11.6 Å². The zero-order chi connectivity index (χ0) is 19.2. The molecule has 1 aliphatic rings. The lowest BCUT2D eigenvalue weighted by atomic mass is 9.95. The maximum atomic E-state index is 14.2. The minimum atomic E-state index is -0.928. The van der Waals surface area contributed by atoms with Gasteiger partial charge < -0.3 is 20.1 Å². The number of carbonyl (C=O) groups is 2. The van der Waals surface area contributed by atoms with Gasteiger partial charge >= 0.3 is 12.0 Å². The SMILES string of the molecule is CC1=C(C(=O)OCCOc2ccccc2)[C@@H](c2ccccc2F)NC(=O)N1. The van der Waals surface area contributed by atoms with Gasteiger partial charge in [-0.2, -0.15) is 0 Å². The molecule has 27 heavy (non-hydrogen) atoms. The van der Waals surface area contributed by atoms with Crippen LogP contribution < -0.4 is 15.4 Å². The number of para-hydroxylation sites is 1. The molecule has 0 aliphatic carbocycles. The average molecular weight is 370 g/mol. The molecule has 0 fully saturated rings. The summed E-state index contributed by atoms with van der Waals surface area (Å²) in [7, 11) is 0. The van der Waals surface area contributed by atoms with Crippen LogP contribution in [0.3, 0.4) is 0 Å². The second-order valence-corrected chi connectivity index (χ2v) is 5.89. The molecule has 0 radical (unpaired) electrons. The molecule has 0 bridgehead atoms. The molecule has 0 aromatic heterocycles. The van der Waals surface area contributed by atoms with Crippen LogP contribution >= 0.6 is 0 Å². The summed E-state index contributed by atoms with van der Waals surface area (Å²) in [6.07, 6.45) is 0. The molecule has 140 valence electrons. The second kappa shape index (κ2) is 8.35. The molecule has 0 unspecified atom stereocenters. The number of benzene rings is 2. The zero-order valence-corrected chi connectivity index (χ0v) is 14.7. The number of carbonyl (C=O) groups excluding carboxylic acids is 2. The maximum absolute atomic E-state index is 14.2. The summed E-state index contributed by atoms with van der Waals surface area (Å²) in [4.78, 5) is 24.4. The first-order chi connectivity index (χ1) is 13.1. The van der Waals surface area contributed by atoms with E-state index in [0.717, 1.165) is 0 Å². The lowest BCUT2D eigenvalue weighted by Crippen LogP contribution is -2.45. The van der Waals surface area contributed by atoms with E-state index in [9.17, 15) is 14.0 Å². The van der Waals surface area contributed by atoms with Crippen LogP contribution in [-0.4, -0.2) is 25.2 Å². The summed E-state index contributed by atoms with van der Waals surface area (Å²) in [5, 5.41) is 5.09. The lowest BCUT2D eigenvalue weighted by Gasteiger charge is -2.28. The monoisotopic (exact) mass is 370 g/mol. The summed E-state index contributed by atoms with van der Waals surface area (Å²) in [6, 6.07) is 13.7. The standard InChI is InChI=1S/C20H19FN2O4/c1-13-17(19(24)27-12-11-26-14-7-3-2-4-8-14)18(23-20(25)22-13)15-9-5-6-10-16(15)21/h2-10,18H,11-12H2,1H3,(H2,22,23,25)/t18-/m1/s1. The van der Waals surface area contributed by atoms with Gasteiger partial charge in [-0.15, -0.1) is 0 Å². The quantitative estimate of drug-likeness (QED) is 0.605. The Hall–Kier alpha value is -3.35. The number of amides is 2. The Balaban J connectivity index is 1.69. The Kier molecular flexibility index (Phi) is 5.71. The Morgan fingerprint density at radius 1 is 1.07 bits per heavy atom. The Morgan fingerprint density at radius 3 is 2.52 bits per heavy atom.